The number of imidazole rings is 1. The predicted octanol–water partition coefficient (Wildman–Crippen LogP) is 7.22. The van der Waals surface area contributed by atoms with Gasteiger partial charge in [0.15, 0.2) is 0 Å². The summed E-state index contributed by atoms with van der Waals surface area (Å²) in [6.45, 7) is 3.13. The maximum absolute atomic E-state index is 12.1. The van der Waals surface area contributed by atoms with Gasteiger partial charge in [0.2, 0.25) is 0 Å². The standard InChI is InChI=1S/C31H27N3O3/c1-23-32-29(24-11-5-2-6-12-24)30(25-13-7-3-8-14-25)34(23)21-22-36-27-19-17-26(18-20-27)33-31(35)37-28-15-9-4-10-16-28/h2-20H,21-22H2,1H3,(H,33,35). The molecule has 0 aliphatic rings. The first-order valence-electron chi connectivity index (χ1n) is 12.1. The normalized spacial score (nSPS) is 10.6. The number of aromatic nitrogens is 2. The number of carbonyl (C=O) groups excluding carboxylic acids is 1. The number of hydrogen-bond donors (Lipinski definition) is 1. The van der Waals surface area contributed by atoms with Gasteiger partial charge in [0.1, 0.15) is 23.9 Å². The van der Waals surface area contributed by atoms with Crippen LogP contribution in [0.3, 0.4) is 0 Å². The molecule has 4 aromatic carbocycles. The highest BCUT2D eigenvalue weighted by Crippen LogP contribution is 2.32. The molecular weight excluding hydrogens is 462 g/mol. The molecule has 0 atom stereocenters. The van der Waals surface area contributed by atoms with Crippen LogP contribution in [0.25, 0.3) is 22.5 Å². The van der Waals surface area contributed by atoms with Gasteiger partial charge in [-0.15, -0.1) is 0 Å². The van der Waals surface area contributed by atoms with Gasteiger partial charge in [0, 0.05) is 16.8 Å². The van der Waals surface area contributed by atoms with E-state index in [-0.39, 0.29) is 0 Å². The molecule has 6 nitrogen and oxygen atoms in total. The first-order valence-corrected chi connectivity index (χ1v) is 12.1. The molecule has 1 N–H and O–H groups in total. The molecule has 0 fully saturated rings. The molecule has 0 saturated heterocycles. The van der Waals surface area contributed by atoms with Crippen LogP contribution in [0, 0.1) is 6.92 Å². The number of hydrogen-bond acceptors (Lipinski definition) is 4. The highest BCUT2D eigenvalue weighted by atomic mass is 16.6. The lowest BCUT2D eigenvalue weighted by atomic mass is 10.0. The molecule has 0 unspecified atom stereocenters. The summed E-state index contributed by atoms with van der Waals surface area (Å²) < 4.78 is 13.5. The van der Waals surface area contributed by atoms with Gasteiger partial charge < -0.3 is 14.0 Å². The molecule has 0 saturated carbocycles. The molecule has 0 aliphatic heterocycles. The van der Waals surface area contributed by atoms with Gasteiger partial charge in [0.05, 0.1) is 17.9 Å². The number of nitrogens with zero attached hydrogens (tertiary/aromatic N) is 2. The van der Waals surface area contributed by atoms with Crippen LogP contribution in [0.5, 0.6) is 11.5 Å². The fraction of sp³-hybridized carbons (Fsp3) is 0.0968. The van der Waals surface area contributed by atoms with Crippen LogP contribution in [-0.4, -0.2) is 22.3 Å². The van der Waals surface area contributed by atoms with E-state index in [2.05, 4.69) is 34.1 Å². The molecule has 0 bridgehead atoms. The highest BCUT2D eigenvalue weighted by molar-refractivity contribution is 5.86. The lowest BCUT2D eigenvalue weighted by molar-refractivity contribution is 0.215. The van der Waals surface area contributed by atoms with E-state index in [4.69, 9.17) is 14.5 Å². The SMILES string of the molecule is Cc1nc(-c2ccccc2)c(-c2ccccc2)n1CCOc1ccc(NC(=O)Oc2ccccc2)cc1. The van der Waals surface area contributed by atoms with Crippen LogP contribution >= 0.6 is 0 Å². The maximum Gasteiger partial charge on any atom is 0.417 e. The average Bonchev–Trinajstić information content (AvgIpc) is 3.27. The van der Waals surface area contributed by atoms with Crippen LogP contribution in [0.15, 0.2) is 115 Å². The Morgan fingerprint density at radius 1 is 0.757 bits per heavy atom. The van der Waals surface area contributed by atoms with Crippen molar-refractivity contribution in [3.8, 4) is 34.0 Å². The Balaban J connectivity index is 1.25. The molecule has 1 heterocycles. The van der Waals surface area contributed by atoms with Gasteiger partial charge in [-0.1, -0.05) is 78.9 Å². The molecule has 1 aromatic heterocycles. The Labute approximate surface area is 216 Å². The van der Waals surface area contributed by atoms with E-state index in [0.29, 0.717) is 30.3 Å². The zero-order chi connectivity index (χ0) is 25.5. The van der Waals surface area contributed by atoms with Gasteiger partial charge in [-0.05, 0) is 43.3 Å². The lowest BCUT2D eigenvalue weighted by Crippen LogP contribution is -2.16. The second-order valence-electron chi connectivity index (χ2n) is 8.44. The average molecular weight is 490 g/mol. The van der Waals surface area contributed by atoms with E-state index in [9.17, 15) is 4.79 Å². The first kappa shape index (κ1) is 23.9. The highest BCUT2D eigenvalue weighted by Gasteiger charge is 2.18. The number of carbonyl (C=O) groups is 1. The number of rotatable bonds is 8. The van der Waals surface area contributed by atoms with Crippen molar-refractivity contribution in [1.29, 1.82) is 0 Å². The molecule has 184 valence electrons. The molecule has 1 amide bonds. The van der Waals surface area contributed by atoms with E-state index in [0.717, 1.165) is 28.3 Å². The van der Waals surface area contributed by atoms with Gasteiger partial charge in [-0.25, -0.2) is 9.78 Å². The summed E-state index contributed by atoms with van der Waals surface area (Å²) in [5.74, 6) is 2.13. The van der Waals surface area contributed by atoms with Gasteiger partial charge in [0.25, 0.3) is 0 Å². The number of para-hydroxylation sites is 1. The van der Waals surface area contributed by atoms with Crippen LogP contribution in [0.2, 0.25) is 0 Å². The second-order valence-corrected chi connectivity index (χ2v) is 8.44. The lowest BCUT2D eigenvalue weighted by Gasteiger charge is -2.13. The van der Waals surface area contributed by atoms with E-state index in [1.54, 1.807) is 24.3 Å². The van der Waals surface area contributed by atoms with Gasteiger partial charge >= 0.3 is 6.09 Å². The van der Waals surface area contributed by atoms with Crippen molar-refractivity contribution in [3.63, 3.8) is 0 Å². The Morgan fingerprint density at radius 2 is 1.35 bits per heavy atom. The summed E-state index contributed by atoms with van der Waals surface area (Å²) in [5.41, 5.74) is 4.85. The molecule has 5 aromatic rings. The van der Waals surface area contributed by atoms with Crippen molar-refractivity contribution in [2.75, 3.05) is 11.9 Å². The third kappa shape index (κ3) is 5.87. The van der Waals surface area contributed by atoms with Crippen molar-refractivity contribution < 1.29 is 14.3 Å². The van der Waals surface area contributed by atoms with Crippen molar-refractivity contribution in [2.45, 2.75) is 13.5 Å². The maximum atomic E-state index is 12.1. The minimum Gasteiger partial charge on any atom is -0.492 e. The van der Waals surface area contributed by atoms with Crippen LogP contribution in [-0.2, 0) is 6.54 Å². The Bertz CT molecular complexity index is 1450. The third-order valence-corrected chi connectivity index (χ3v) is 5.89. The number of benzene rings is 4. The van der Waals surface area contributed by atoms with E-state index in [1.807, 2.05) is 73.7 Å². The Kier molecular flexibility index (Phi) is 7.27. The molecule has 0 radical (unpaired) electrons. The quantitative estimate of drug-likeness (QED) is 0.250. The summed E-state index contributed by atoms with van der Waals surface area (Å²) in [6.07, 6.45) is -0.543. The van der Waals surface area contributed by atoms with Crippen molar-refractivity contribution in [2.24, 2.45) is 0 Å². The third-order valence-electron chi connectivity index (χ3n) is 5.89. The van der Waals surface area contributed by atoms with Crippen molar-refractivity contribution in [1.82, 2.24) is 9.55 Å². The first-order chi connectivity index (χ1) is 18.2. The minimum absolute atomic E-state index is 0.466. The fourth-order valence-electron chi connectivity index (χ4n) is 4.15. The number of aryl methyl sites for hydroxylation is 1. The molecule has 6 heteroatoms. The molecule has 5 rings (SSSR count). The zero-order valence-corrected chi connectivity index (χ0v) is 20.5. The summed E-state index contributed by atoms with van der Waals surface area (Å²) in [7, 11) is 0. The summed E-state index contributed by atoms with van der Waals surface area (Å²) in [6, 6.07) is 36.7. The number of amides is 1. The summed E-state index contributed by atoms with van der Waals surface area (Å²) >= 11 is 0. The fourth-order valence-corrected chi connectivity index (χ4v) is 4.15. The topological polar surface area (TPSA) is 65.4 Å². The second kappa shape index (κ2) is 11.3. The molecular formula is C31H27N3O3. The van der Waals surface area contributed by atoms with E-state index < -0.39 is 6.09 Å². The smallest absolute Gasteiger partial charge is 0.417 e. The van der Waals surface area contributed by atoms with E-state index in [1.165, 1.54) is 0 Å². The molecule has 0 spiro atoms. The number of nitrogens with one attached hydrogen (secondary N) is 1. The predicted molar refractivity (Wildman–Crippen MR) is 146 cm³/mol. The summed E-state index contributed by atoms with van der Waals surface area (Å²) in [4.78, 5) is 17.0. The zero-order valence-electron chi connectivity index (χ0n) is 20.5. The Hall–Kier alpha value is -4.84. The van der Waals surface area contributed by atoms with Crippen molar-refractivity contribution in [3.05, 3.63) is 121 Å². The van der Waals surface area contributed by atoms with Crippen LogP contribution < -0.4 is 14.8 Å². The van der Waals surface area contributed by atoms with Crippen molar-refractivity contribution >= 4 is 11.8 Å². The number of ether oxygens (including phenoxy) is 2. The summed E-state index contributed by atoms with van der Waals surface area (Å²) in [5, 5.41) is 2.72. The van der Waals surface area contributed by atoms with E-state index >= 15 is 0 Å². The number of anilines is 1. The molecule has 37 heavy (non-hydrogen) atoms. The Morgan fingerprint density at radius 3 is 2.00 bits per heavy atom. The largest absolute Gasteiger partial charge is 0.492 e. The van der Waals surface area contributed by atoms with Crippen LogP contribution in [0.1, 0.15) is 5.82 Å². The minimum atomic E-state index is -0.543. The monoisotopic (exact) mass is 489 g/mol. The molecule has 0 aliphatic carbocycles. The van der Waals surface area contributed by atoms with Gasteiger partial charge in [-0.3, -0.25) is 5.32 Å². The van der Waals surface area contributed by atoms with Crippen LogP contribution in [0.4, 0.5) is 10.5 Å². The van der Waals surface area contributed by atoms with Gasteiger partial charge in [-0.2, -0.15) is 0 Å².